The van der Waals surface area contributed by atoms with Crippen molar-refractivity contribution in [2.45, 2.75) is 52.7 Å². The molecule has 0 spiro atoms. The molecule has 0 aliphatic carbocycles. The molecule has 0 radical (unpaired) electrons. The minimum Gasteiger partial charge on any atom is -0.489 e. The number of hydrogen-bond acceptors (Lipinski definition) is 2. The van der Waals surface area contributed by atoms with Crippen LogP contribution in [0.3, 0.4) is 0 Å². The van der Waals surface area contributed by atoms with Gasteiger partial charge in [0, 0.05) is 6.54 Å². The van der Waals surface area contributed by atoms with Crippen LogP contribution >= 0.6 is 0 Å². The van der Waals surface area contributed by atoms with Gasteiger partial charge in [0.05, 0.1) is 0 Å². The molecule has 0 amide bonds. The zero-order valence-electron chi connectivity index (χ0n) is 14.5. The van der Waals surface area contributed by atoms with Crippen LogP contribution in [-0.2, 0) is 13.2 Å². The average molecular weight is 311 g/mol. The zero-order chi connectivity index (χ0) is 16.3. The van der Waals surface area contributed by atoms with Gasteiger partial charge in [0.25, 0.3) is 0 Å². The van der Waals surface area contributed by atoms with Crippen LogP contribution in [0.5, 0.6) is 5.75 Å². The molecule has 0 aliphatic rings. The predicted molar refractivity (Wildman–Crippen MR) is 97.8 cm³/mol. The molecule has 0 heterocycles. The fraction of sp³-hybridized carbons (Fsp3) is 0.429. The molecular formula is C21H29NO. The van der Waals surface area contributed by atoms with E-state index in [1.54, 1.807) is 0 Å². The number of rotatable bonds is 10. The van der Waals surface area contributed by atoms with E-state index in [1.165, 1.54) is 42.4 Å². The van der Waals surface area contributed by atoms with E-state index in [0.717, 1.165) is 18.8 Å². The lowest BCUT2D eigenvalue weighted by Gasteiger charge is -2.10. The highest BCUT2D eigenvalue weighted by atomic mass is 16.5. The summed E-state index contributed by atoms with van der Waals surface area (Å²) in [6.07, 6.45) is 5.21. The second-order valence-electron chi connectivity index (χ2n) is 6.10. The molecule has 0 unspecified atom stereocenters. The van der Waals surface area contributed by atoms with E-state index >= 15 is 0 Å². The van der Waals surface area contributed by atoms with E-state index < -0.39 is 0 Å². The Labute approximate surface area is 140 Å². The Morgan fingerprint density at radius 2 is 1.83 bits per heavy atom. The van der Waals surface area contributed by atoms with Gasteiger partial charge in [-0.1, -0.05) is 62.6 Å². The minimum atomic E-state index is 0.626. The third kappa shape index (κ3) is 6.45. The van der Waals surface area contributed by atoms with Crippen LogP contribution in [0.1, 0.15) is 49.3 Å². The second-order valence-corrected chi connectivity index (χ2v) is 6.10. The van der Waals surface area contributed by atoms with Crippen molar-refractivity contribution in [2.24, 2.45) is 0 Å². The average Bonchev–Trinajstić information content (AvgIpc) is 2.58. The van der Waals surface area contributed by atoms with Gasteiger partial charge in [-0.3, -0.25) is 0 Å². The van der Waals surface area contributed by atoms with Crippen molar-refractivity contribution in [2.75, 3.05) is 6.54 Å². The van der Waals surface area contributed by atoms with Crippen molar-refractivity contribution in [1.29, 1.82) is 0 Å². The molecule has 0 aliphatic heterocycles. The monoisotopic (exact) mass is 311 g/mol. The Hall–Kier alpha value is -1.80. The standard InChI is InChI=1S/C21H29NO/c1-3-4-5-8-14-22-16-19-11-9-13-21(15-19)23-17-20-12-7-6-10-18(20)2/h6-7,9-13,15,22H,3-5,8,14,16-17H2,1-2H3. The molecule has 23 heavy (non-hydrogen) atoms. The zero-order valence-corrected chi connectivity index (χ0v) is 14.5. The summed E-state index contributed by atoms with van der Waals surface area (Å²) < 4.78 is 5.95. The number of aryl methyl sites for hydroxylation is 1. The first kappa shape index (κ1) is 17.6. The maximum atomic E-state index is 5.95. The van der Waals surface area contributed by atoms with Crippen LogP contribution in [0, 0.1) is 6.92 Å². The molecule has 2 aromatic carbocycles. The van der Waals surface area contributed by atoms with Gasteiger partial charge in [0.1, 0.15) is 12.4 Å². The Morgan fingerprint density at radius 1 is 0.957 bits per heavy atom. The lowest BCUT2D eigenvalue weighted by Crippen LogP contribution is -2.14. The van der Waals surface area contributed by atoms with Crippen LogP contribution in [0.2, 0.25) is 0 Å². The molecule has 0 aromatic heterocycles. The number of ether oxygens (including phenoxy) is 1. The Balaban J connectivity index is 1.77. The Bertz CT molecular complexity index is 580. The quantitative estimate of drug-likeness (QED) is 0.606. The largest absolute Gasteiger partial charge is 0.489 e. The van der Waals surface area contributed by atoms with Gasteiger partial charge in [-0.2, -0.15) is 0 Å². The SMILES string of the molecule is CCCCCCNCc1cccc(OCc2ccccc2C)c1. The van der Waals surface area contributed by atoms with Gasteiger partial charge in [-0.15, -0.1) is 0 Å². The van der Waals surface area contributed by atoms with E-state index in [-0.39, 0.29) is 0 Å². The summed E-state index contributed by atoms with van der Waals surface area (Å²) in [4.78, 5) is 0. The van der Waals surface area contributed by atoms with E-state index in [1.807, 2.05) is 6.07 Å². The van der Waals surface area contributed by atoms with Crippen LogP contribution in [-0.4, -0.2) is 6.54 Å². The highest BCUT2D eigenvalue weighted by Gasteiger charge is 2.00. The van der Waals surface area contributed by atoms with E-state index in [9.17, 15) is 0 Å². The summed E-state index contributed by atoms with van der Waals surface area (Å²) in [6, 6.07) is 16.8. The van der Waals surface area contributed by atoms with Crippen LogP contribution in [0.25, 0.3) is 0 Å². The Kier molecular flexibility index (Phi) is 7.68. The summed E-state index contributed by atoms with van der Waals surface area (Å²) in [7, 11) is 0. The first-order valence-corrected chi connectivity index (χ1v) is 8.76. The first-order chi connectivity index (χ1) is 11.3. The first-order valence-electron chi connectivity index (χ1n) is 8.76. The molecule has 2 nitrogen and oxygen atoms in total. The lowest BCUT2D eigenvalue weighted by molar-refractivity contribution is 0.305. The number of hydrogen-bond donors (Lipinski definition) is 1. The minimum absolute atomic E-state index is 0.626. The summed E-state index contributed by atoms with van der Waals surface area (Å²) in [5.41, 5.74) is 3.80. The van der Waals surface area contributed by atoms with E-state index in [0.29, 0.717) is 6.61 Å². The molecule has 0 fully saturated rings. The smallest absolute Gasteiger partial charge is 0.120 e. The number of unbranched alkanes of at least 4 members (excludes halogenated alkanes) is 3. The highest BCUT2D eigenvalue weighted by molar-refractivity contribution is 5.30. The van der Waals surface area contributed by atoms with Crippen molar-refractivity contribution in [3.63, 3.8) is 0 Å². The van der Waals surface area contributed by atoms with Gasteiger partial charge in [0.2, 0.25) is 0 Å². The van der Waals surface area contributed by atoms with Crippen LogP contribution in [0.15, 0.2) is 48.5 Å². The number of benzene rings is 2. The molecule has 2 heteroatoms. The van der Waals surface area contributed by atoms with Gasteiger partial charge >= 0.3 is 0 Å². The highest BCUT2D eigenvalue weighted by Crippen LogP contribution is 2.16. The maximum Gasteiger partial charge on any atom is 0.120 e. The summed E-state index contributed by atoms with van der Waals surface area (Å²) >= 11 is 0. The second kappa shape index (κ2) is 10.1. The maximum absolute atomic E-state index is 5.95. The van der Waals surface area contributed by atoms with Crippen molar-refractivity contribution >= 4 is 0 Å². The van der Waals surface area contributed by atoms with Crippen molar-refractivity contribution in [3.8, 4) is 5.75 Å². The van der Waals surface area contributed by atoms with E-state index in [2.05, 4.69) is 61.6 Å². The van der Waals surface area contributed by atoms with Crippen molar-refractivity contribution in [1.82, 2.24) is 5.32 Å². The Morgan fingerprint density at radius 3 is 2.65 bits per heavy atom. The summed E-state index contributed by atoms with van der Waals surface area (Å²) in [5.74, 6) is 0.943. The van der Waals surface area contributed by atoms with Crippen molar-refractivity contribution in [3.05, 3.63) is 65.2 Å². The molecule has 0 saturated carbocycles. The van der Waals surface area contributed by atoms with Gasteiger partial charge in [-0.25, -0.2) is 0 Å². The van der Waals surface area contributed by atoms with E-state index in [4.69, 9.17) is 4.74 Å². The lowest BCUT2D eigenvalue weighted by atomic mass is 10.1. The third-order valence-corrected chi connectivity index (χ3v) is 4.09. The van der Waals surface area contributed by atoms with Gasteiger partial charge in [-0.05, 0) is 48.7 Å². The molecule has 0 atom stereocenters. The van der Waals surface area contributed by atoms with Crippen molar-refractivity contribution < 1.29 is 4.74 Å². The molecular weight excluding hydrogens is 282 g/mol. The molecule has 124 valence electrons. The van der Waals surface area contributed by atoms with Crippen LogP contribution < -0.4 is 10.1 Å². The predicted octanol–water partition coefficient (Wildman–Crippen LogP) is 5.24. The van der Waals surface area contributed by atoms with Gasteiger partial charge in [0.15, 0.2) is 0 Å². The normalized spacial score (nSPS) is 10.7. The fourth-order valence-electron chi connectivity index (χ4n) is 2.59. The third-order valence-electron chi connectivity index (χ3n) is 4.09. The molecule has 2 aromatic rings. The topological polar surface area (TPSA) is 21.3 Å². The molecule has 2 rings (SSSR count). The molecule has 0 bridgehead atoms. The fourth-order valence-corrected chi connectivity index (χ4v) is 2.59. The molecule has 0 saturated heterocycles. The van der Waals surface area contributed by atoms with Gasteiger partial charge < -0.3 is 10.1 Å². The summed E-state index contributed by atoms with van der Waals surface area (Å²) in [5, 5.41) is 3.52. The van der Waals surface area contributed by atoms with Crippen LogP contribution in [0.4, 0.5) is 0 Å². The summed E-state index contributed by atoms with van der Waals surface area (Å²) in [6.45, 7) is 7.00. The molecule has 1 N–H and O–H groups in total. The number of nitrogens with one attached hydrogen (secondary N) is 1.